The molecule has 1 atom stereocenters. The van der Waals surface area contributed by atoms with Gasteiger partial charge in [-0.3, -0.25) is 4.68 Å². The molecule has 0 fully saturated rings. The fraction of sp³-hybridized carbons (Fsp3) is 0.167. The van der Waals surface area contributed by atoms with Gasteiger partial charge in [-0.05, 0) is 12.1 Å². The molecule has 1 aromatic heterocycles. The molecule has 0 aliphatic heterocycles. The fourth-order valence-corrected chi connectivity index (χ4v) is 1.61. The van der Waals surface area contributed by atoms with Gasteiger partial charge in [0.25, 0.3) is 0 Å². The van der Waals surface area contributed by atoms with Crippen molar-refractivity contribution in [3.05, 3.63) is 48.0 Å². The van der Waals surface area contributed by atoms with E-state index in [1.165, 1.54) is 23.0 Å². The van der Waals surface area contributed by atoms with Gasteiger partial charge in [-0.1, -0.05) is 12.1 Å². The SMILES string of the molecule is Cn1cc(C(Nc2ccccc2F)C(=O)O)cn1. The molecule has 2 N–H and O–H groups in total. The topological polar surface area (TPSA) is 67.2 Å². The number of carbonyl (C=O) groups is 1. The molecule has 94 valence electrons. The van der Waals surface area contributed by atoms with Crippen LogP contribution in [-0.2, 0) is 11.8 Å². The Bertz CT molecular complexity index is 568. The van der Waals surface area contributed by atoms with Gasteiger partial charge in [0, 0.05) is 18.8 Å². The summed E-state index contributed by atoms with van der Waals surface area (Å²) in [6.07, 6.45) is 3.01. The molecule has 0 aliphatic rings. The smallest absolute Gasteiger partial charge is 0.330 e. The highest BCUT2D eigenvalue weighted by Crippen LogP contribution is 2.21. The van der Waals surface area contributed by atoms with Crippen LogP contribution in [0, 0.1) is 5.82 Å². The third kappa shape index (κ3) is 2.48. The Balaban J connectivity index is 2.28. The molecule has 2 aromatic rings. The lowest BCUT2D eigenvalue weighted by Crippen LogP contribution is -2.20. The predicted molar refractivity (Wildman–Crippen MR) is 63.6 cm³/mol. The summed E-state index contributed by atoms with van der Waals surface area (Å²) in [6, 6.07) is 4.90. The number of anilines is 1. The standard InChI is InChI=1S/C12H12FN3O2/c1-16-7-8(6-14-16)11(12(17)18)15-10-5-3-2-4-9(10)13/h2-7,11,15H,1H3,(H,17,18). The molecule has 0 saturated carbocycles. The van der Waals surface area contributed by atoms with Crippen molar-refractivity contribution in [2.45, 2.75) is 6.04 Å². The fourth-order valence-electron chi connectivity index (χ4n) is 1.61. The van der Waals surface area contributed by atoms with E-state index in [-0.39, 0.29) is 5.69 Å². The van der Waals surface area contributed by atoms with Gasteiger partial charge in [-0.25, -0.2) is 9.18 Å². The second-order valence-corrected chi connectivity index (χ2v) is 3.84. The maximum absolute atomic E-state index is 13.5. The van der Waals surface area contributed by atoms with E-state index >= 15 is 0 Å². The molecule has 1 heterocycles. The molecule has 18 heavy (non-hydrogen) atoms. The number of aromatic nitrogens is 2. The zero-order valence-electron chi connectivity index (χ0n) is 9.67. The van der Waals surface area contributed by atoms with Crippen molar-refractivity contribution in [2.24, 2.45) is 7.05 Å². The molecule has 0 spiro atoms. The second kappa shape index (κ2) is 4.87. The Labute approximate surface area is 103 Å². The summed E-state index contributed by atoms with van der Waals surface area (Å²) in [7, 11) is 1.69. The summed E-state index contributed by atoms with van der Waals surface area (Å²) in [6.45, 7) is 0. The van der Waals surface area contributed by atoms with Gasteiger partial charge in [0.15, 0.2) is 6.04 Å². The van der Waals surface area contributed by atoms with Gasteiger partial charge < -0.3 is 10.4 Å². The summed E-state index contributed by atoms with van der Waals surface area (Å²) in [5.41, 5.74) is 0.613. The number of nitrogens with zero attached hydrogens (tertiary/aromatic N) is 2. The zero-order valence-corrected chi connectivity index (χ0v) is 9.67. The first kappa shape index (κ1) is 12.1. The number of aliphatic carboxylic acids is 1. The van der Waals surface area contributed by atoms with Crippen LogP contribution >= 0.6 is 0 Å². The Hall–Kier alpha value is -2.37. The molecule has 0 saturated heterocycles. The van der Waals surface area contributed by atoms with Crippen LogP contribution in [0.15, 0.2) is 36.7 Å². The highest BCUT2D eigenvalue weighted by molar-refractivity contribution is 5.79. The first-order chi connectivity index (χ1) is 8.58. The Morgan fingerprint density at radius 3 is 2.78 bits per heavy atom. The molecule has 6 heteroatoms. The third-order valence-corrected chi connectivity index (χ3v) is 2.48. The highest BCUT2D eigenvalue weighted by Gasteiger charge is 2.22. The first-order valence-electron chi connectivity index (χ1n) is 5.30. The number of para-hydroxylation sites is 1. The van der Waals surface area contributed by atoms with Crippen LogP contribution in [0.1, 0.15) is 11.6 Å². The van der Waals surface area contributed by atoms with Crippen molar-refractivity contribution in [2.75, 3.05) is 5.32 Å². The number of carboxylic acid groups (broad SMARTS) is 1. The van der Waals surface area contributed by atoms with Gasteiger partial charge in [0.05, 0.1) is 11.9 Å². The summed E-state index contributed by atoms with van der Waals surface area (Å²) >= 11 is 0. The number of hydrogen-bond donors (Lipinski definition) is 2. The molecular weight excluding hydrogens is 237 g/mol. The molecule has 0 radical (unpaired) electrons. The van der Waals surface area contributed by atoms with E-state index in [0.717, 1.165) is 0 Å². The number of carboxylic acids is 1. The van der Waals surface area contributed by atoms with Crippen LogP contribution in [0.25, 0.3) is 0 Å². The number of halogens is 1. The van der Waals surface area contributed by atoms with Crippen LogP contribution in [-0.4, -0.2) is 20.9 Å². The Morgan fingerprint density at radius 1 is 1.50 bits per heavy atom. The van der Waals surface area contributed by atoms with Gasteiger partial charge in [0.1, 0.15) is 5.82 Å². The lowest BCUT2D eigenvalue weighted by Gasteiger charge is -2.14. The Morgan fingerprint density at radius 2 is 2.22 bits per heavy atom. The summed E-state index contributed by atoms with van der Waals surface area (Å²) in [5, 5.41) is 15.7. The number of aryl methyl sites for hydroxylation is 1. The van der Waals surface area contributed by atoms with E-state index in [9.17, 15) is 9.18 Å². The molecule has 0 bridgehead atoms. The monoisotopic (exact) mass is 249 g/mol. The first-order valence-corrected chi connectivity index (χ1v) is 5.30. The number of benzene rings is 1. The van der Waals surface area contributed by atoms with E-state index < -0.39 is 17.8 Å². The van der Waals surface area contributed by atoms with Crippen LogP contribution < -0.4 is 5.32 Å². The molecule has 5 nitrogen and oxygen atoms in total. The molecular formula is C12H12FN3O2. The van der Waals surface area contributed by atoms with E-state index in [1.807, 2.05) is 0 Å². The summed E-state index contributed by atoms with van der Waals surface area (Å²) in [4.78, 5) is 11.2. The lowest BCUT2D eigenvalue weighted by molar-refractivity contribution is -0.138. The molecule has 0 aliphatic carbocycles. The van der Waals surface area contributed by atoms with Crippen LogP contribution in [0.3, 0.4) is 0 Å². The van der Waals surface area contributed by atoms with Gasteiger partial charge in [0.2, 0.25) is 0 Å². The predicted octanol–water partition coefficient (Wildman–Crippen LogP) is 1.80. The van der Waals surface area contributed by atoms with Gasteiger partial charge in [-0.2, -0.15) is 5.10 Å². The van der Waals surface area contributed by atoms with Gasteiger partial charge in [-0.15, -0.1) is 0 Å². The second-order valence-electron chi connectivity index (χ2n) is 3.84. The number of hydrogen-bond acceptors (Lipinski definition) is 3. The van der Waals surface area contributed by atoms with Crippen molar-refractivity contribution < 1.29 is 14.3 Å². The maximum Gasteiger partial charge on any atom is 0.330 e. The van der Waals surface area contributed by atoms with E-state index in [1.54, 1.807) is 25.4 Å². The lowest BCUT2D eigenvalue weighted by atomic mass is 10.1. The minimum Gasteiger partial charge on any atom is -0.479 e. The van der Waals surface area contributed by atoms with E-state index in [2.05, 4.69) is 10.4 Å². The average Bonchev–Trinajstić information content (AvgIpc) is 2.74. The Kier molecular flexibility index (Phi) is 3.27. The van der Waals surface area contributed by atoms with Crippen molar-refractivity contribution in [1.82, 2.24) is 9.78 Å². The van der Waals surface area contributed by atoms with E-state index in [4.69, 9.17) is 5.11 Å². The largest absolute Gasteiger partial charge is 0.479 e. The molecule has 0 amide bonds. The number of nitrogens with one attached hydrogen (secondary N) is 1. The molecule has 2 rings (SSSR count). The van der Waals surface area contributed by atoms with Crippen LogP contribution in [0.2, 0.25) is 0 Å². The maximum atomic E-state index is 13.5. The van der Waals surface area contributed by atoms with Crippen LogP contribution in [0.4, 0.5) is 10.1 Å². The minimum absolute atomic E-state index is 0.147. The number of rotatable bonds is 4. The van der Waals surface area contributed by atoms with Gasteiger partial charge >= 0.3 is 5.97 Å². The van der Waals surface area contributed by atoms with Crippen molar-refractivity contribution in [1.29, 1.82) is 0 Å². The van der Waals surface area contributed by atoms with Crippen molar-refractivity contribution in [3.63, 3.8) is 0 Å². The average molecular weight is 249 g/mol. The summed E-state index contributed by atoms with van der Waals surface area (Å²) in [5.74, 6) is -1.58. The highest BCUT2D eigenvalue weighted by atomic mass is 19.1. The quantitative estimate of drug-likeness (QED) is 0.867. The minimum atomic E-state index is -1.09. The normalized spacial score (nSPS) is 12.1. The van der Waals surface area contributed by atoms with Crippen LogP contribution in [0.5, 0.6) is 0 Å². The molecule has 1 unspecified atom stereocenters. The van der Waals surface area contributed by atoms with E-state index in [0.29, 0.717) is 5.56 Å². The van der Waals surface area contributed by atoms with Crippen molar-refractivity contribution in [3.8, 4) is 0 Å². The zero-order chi connectivity index (χ0) is 13.1. The summed E-state index contributed by atoms with van der Waals surface area (Å²) < 4.78 is 15.0. The van der Waals surface area contributed by atoms with Crippen molar-refractivity contribution >= 4 is 11.7 Å². The molecule has 1 aromatic carbocycles. The third-order valence-electron chi connectivity index (χ3n) is 2.48.